The van der Waals surface area contributed by atoms with Gasteiger partial charge in [-0.2, -0.15) is 5.26 Å². The first-order chi connectivity index (χ1) is 11.8. The summed E-state index contributed by atoms with van der Waals surface area (Å²) >= 11 is 6.07. The molecule has 0 saturated heterocycles. The molecule has 1 aromatic carbocycles. The first-order valence-corrected chi connectivity index (χ1v) is 8.09. The molecule has 0 bridgehead atoms. The molecule has 0 aliphatic carbocycles. The minimum absolute atomic E-state index is 0.154. The number of hydrogen-bond acceptors (Lipinski definition) is 6. The van der Waals surface area contributed by atoms with E-state index in [2.05, 4.69) is 11.1 Å². The van der Waals surface area contributed by atoms with E-state index in [-0.39, 0.29) is 19.8 Å². The summed E-state index contributed by atoms with van der Waals surface area (Å²) in [5.41, 5.74) is -0.154. The van der Waals surface area contributed by atoms with Crippen molar-refractivity contribution in [3.63, 3.8) is 0 Å². The SMILES string of the molecule is CC(C)(C)OC(=O)COCCOc1cc2c(Cl)nccc2cc1C#N. The summed E-state index contributed by atoms with van der Waals surface area (Å²) in [6.07, 6.45) is 1.58. The number of hydrogen-bond donors (Lipinski definition) is 0. The van der Waals surface area contributed by atoms with Crippen LogP contribution < -0.4 is 4.74 Å². The van der Waals surface area contributed by atoms with Gasteiger partial charge in [-0.3, -0.25) is 0 Å². The number of nitriles is 1. The third kappa shape index (κ3) is 5.59. The summed E-state index contributed by atoms with van der Waals surface area (Å²) < 4.78 is 15.9. The van der Waals surface area contributed by atoms with E-state index in [1.54, 1.807) is 45.2 Å². The van der Waals surface area contributed by atoms with Gasteiger partial charge in [-0.25, -0.2) is 9.78 Å². The van der Waals surface area contributed by atoms with Crippen LogP contribution in [-0.2, 0) is 14.3 Å². The quantitative estimate of drug-likeness (QED) is 0.444. The van der Waals surface area contributed by atoms with Gasteiger partial charge in [0.25, 0.3) is 0 Å². The molecule has 132 valence electrons. The summed E-state index contributed by atoms with van der Waals surface area (Å²) in [6, 6.07) is 7.23. The van der Waals surface area contributed by atoms with E-state index in [0.717, 1.165) is 5.39 Å². The lowest BCUT2D eigenvalue weighted by atomic mass is 10.1. The van der Waals surface area contributed by atoms with Gasteiger partial charge >= 0.3 is 5.97 Å². The maximum atomic E-state index is 11.5. The first-order valence-electron chi connectivity index (χ1n) is 7.71. The zero-order chi connectivity index (χ0) is 18.4. The molecule has 0 radical (unpaired) electrons. The van der Waals surface area contributed by atoms with Crippen LogP contribution in [0.5, 0.6) is 5.75 Å². The largest absolute Gasteiger partial charge is 0.490 e. The molecule has 2 rings (SSSR count). The summed E-state index contributed by atoms with van der Waals surface area (Å²) in [4.78, 5) is 15.5. The van der Waals surface area contributed by atoms with Gasteiger partial charge in [-0.15, -0.1) is 0 Å². The van der Waals surface area contributed by atoms with Gasteiger partial charge in [0.05, 0.1) is 12.2 Å². The topological polar surface area (TPSA) is 81.4 Å². The highest BCUT2D eigenvalue weighted by Crippen LogP contribution is 2.29. The molecular weight excluding hydrogens is 344 g/mol. The number of esters is 1. The Bertz CT molecular complexity index is 809. The lowest BCUT2D eigenvalue weighted by molar-refractivity contribution is -0.160. The van der Waals surface area contributed by atoms with Crippen LogP contribution >= 0.6 is 11.6 Å². The van der Waals surface area contributed by atoms with Crippen molar-refractivity contribution in [1.82, 2.24) is 4.98 Å². The smallest absolute Gasteiger partial charge is 0.332 e. The number of fused-ring (bicyclic) bond motifs is 1. The van der Waals surface area contributed by atoms with Gasteiger partial charge in [0.1, 0.15) is 35.8 Å². The molecule has 7 heteroatoms. The Kier molecular flexibility index (Phi) is 6.18. The van der Waals surface area contributed by atoms with Gasteiger partial charge < -0.3 is 14.2 Å². The zero-order valence-corrected chi connectivity index (χ0v) is 15.1. The van der Waals surface area contributed by atoms with Gasteiger partial charge in [0.2, 0.25) is 0 Å². The van der Waals surface area contributed by atoms with Gasteiger partial charge in [-0.05, 0) is 44.4 Å². The second kappa shape index (κ2) is 8.15. The Morgan fingerprint density at radius 3 is 2.76 bits per heavy atom. The van der Waals surface area contributed by atoms with Crippen molar-refractivity contribution in [3.8, 4) is 11.8 Å². The molecule has 6 nitrogen and oxygen atoms in total. The molecule has 1 heterocycles. The number of rotatable bonds is 6. The molecule has 0 spiro atoms. The summed E-state index contributed by atoms with van der Waals surface area (Å²) in [7, 11) is 0. The number of halogens is 1. The number of nitrogens with zero attached hydrogens (tertiary/aromatic N) is 2. The van der Waals surface area contributed by atoms with Crippen molar-refractivity contribution < 1.29 is 19.0 Å². The maximum Gasteiger partial charge on any atom is 0.332 e. The van der Waals surface area contributed by atoms with Crippen LogP contribution in [0.4, 0.5) is 0 Å². The Labute approximate surface area is 151 Å². The minimum atomic E-state index is -0.545. The predicted molar refractivity (Wildman–Crippen MR) is 93.6 cm³/mol. The fourth-order valence-corrected chi connectivity index (χ4v) is 2.33. The summed E-state index contributed by atoms with van der Waals surface area (Å²) in [5, 5.41) is 11.1. The molecule has 0 aliphatic heterocycles. The van der Waals surface area contributed by atoms with Crippen molar-refractivity contribution in [2.45, 2.75) is 26.4 Å². The van der Waals surface area contributed by atoms with E-state index in [9.17, 15) is 10.1 Å². The molecule has 0 amide bonds. The van der Waals surface area contributed by atoms with E-state index in [1.807, 2.05) is 0 Å². The number of ether oxygens (including phenoxy) is 3. The van der Waals surface area contributed by atoms with Crippen LogP contribution in [0.15, 0.2) is 24.4 Å². The van der Waals surface area contributed by atoms with Crippen LogP contribution in [0.3, 0.4) is 0 Å². The summed E-state index contributed by atoms with van der Waals surface area (Å²) in [6.45, 7) is 5.58. The molecule has 25 heavy (non-hydrogen) atoms. The van der Waals surface area contributed by atoms with Crippen molar-refractivity contribution in [3.05, 3.63) is 35.1 Å². The molecule has 0 N–H and O–H groups in total. The highest BCUT2D eigenvalue weighted by Gasteiger charge is 2.16. The van der Waals surface area contributed by atoms with Crippen LogP contribution in [0, 0.1) is 11.3 Å². The van der Waals surface area contributed by atoms with Crippen molar-refractivity contribution in [2.24, 2.45) is 0 Å². The second-order valence-electron chi connectivity index (χ2n) is 6.27. The number of carbonyl (C=O) groups excluding carboxylic acids is 1. The van der Waals surface area contributed by atoms with E-state index in [4.69, 9.17) is 25.8 Å². The molecule has 0 aliphatic rings. The van der Waals surface area contributed by atoms with Crippen molar-refractivity contribution in [1.29, 1.82) is 5.26 Å². The monoisotopic (exact) mass is 362 g/mol. The fraction of sp³-hybridized carbons (Fsp3) is 0.389. The number of benzene rings is 1. The number of aromatic nitrogens is 1. The summed E-state index contributed by atoms with van der Waals surface area (Å²) in [5.74, 6) is -0.0421. The Hall–Kier alpha value is -2.36. The second-order valence-corrected chi connectivity index (χ2v) is 6.63. The van der Waals surface area contributed by atoms with Crippen LogP contribution in [0.25, 0.3) is 10.8 Å². The molecule has 0 fully saturated rings. The fourth-order valence-electron chi connectivity index (χ4n) is 2.11. The standard InChI is InChI=1S/C18H19ClN2O4/c1-18(2,3)25-16(22)11-23-6-7-24-15-9-14-12(8-13(15)10-20)4-5-21-17(14)19/h4-5,8-9H,6-7,11H2,1-3H3. The zero-order valence-electron chi connectivity index (χ0n) is 14.3. The molecular formula is C18H19ClN2O4. The van der Waals surface area contributed by atoms with E-state index in [0.29, 0.717) is 21.9 Å². The molecule has 2 aromatic rings. The molecule has 0 atom stereocenters. The third-order valence-electron chi connectivity index (χ3n) is 3.06. The van der Waals surface area contributed by atoms with Crippen molar-refractivity contribution >= 4 is 28.3 Å². The van der Waals surface area contributed by atoms with Gasteiger partial charge in [0.15, 0.2) is 0 Å². The van der Waals surface area contributed by atoms with Crippen molar-refractivity contribution in [2.75, 3.05) is 19.8 Å². The predicted octanol–water partition coefficient (Wildman–Crippen LogP) is 3.50. The normalized spacial score (nSPS) is 11.2. The molecule has 0 saturated carbocycles. The Morgan fingerprint density at radius 1 is 1.32 bits per heavy atom. The third-order valence-corrected chi connectivity index (χ3v) is 3.36. The molecule has 1 aromatic heterocycles. The average Bonchev–Trinajstić information content (AvgIpc) is 2.53. The molecule has 0 unspecified atom stereocenters. The van der Waals surface area contributed by atoms with E-state index < -0.39 is 11.6 Å². The van der Waals surface area contributed by atoms with E-state index in [1.165, 1.54) is 0 Å². The average molecular weight is 363 g/mol. The lowest BCUT2D eigenvalue weighted by Gasteiger charge is -2.19. The highest BCUT2D eigenvalue weighted by atomic mass is 35.5. The van der Waals surface area contributed by atoms with E-state index >= 15 is 0 Å². The minimum Gasteiger partial charge on any atom is -0.490 e. The van der Waals surface area contributed by atoms with Crippen LogP contribution in [0.2, 0.25) is 5.15 Å². The first kappa shape index (κ1) is 19.0. The maximum absolute atomic E-state index is 11.5. The highest BCUT2D eigenvalue weighted by molar-refractivity contribution is 6.34. The number of carbonyl (C=O) groups is 1. The lowest BCUT2D eigenvalue weighted by Crippen LogP contribution is -2.27. The van der Waals surface area contributed by atoms with Crippen LogP contribution in [-0.4, -0.2) is 36.4 Å². The Balaban J connectivity index is 1.92. The Morgan fingerprint density at radius 2 is 2.08 bits per heavy atom. The number of pyridine rings is 1. The van der Waals surface area contributed by atoms with Gasteiger partial charge in [-0.1, -0.05) is 11.6 Å². The van der Waals surface area contributed by atoms with Crippen LogP contribution in [0.1, 0.15) is 26.3 Å². The van der Waals surface area contributed by atoms with Gasteiger partial charge in [0, 0.05) is 11.6 Å².